The van der Waals surface area contributed by atoms with Crippen LogP contribution >= 0.6 is 11.6 Å². The molecule has 2 aromatic rings. The van der Waals surface area contributed by atoms with E-state index in [1.54, 1.807) is 30.3 Å². The molecule has 0 radical (unpaired) electrons. The van der Waals surface area contributed by atoms with Gasteiger partial charge < -0.3 is 10.4 Å². The standard InChI is InChI=1S/C13H11ClN2O2/c1-8(14)7-15-12-6-5-9-10(13(17)18)3-2-4-11(9)16-12/h2-6H,1,7H2,(H,15,16)(H,17,18). The molecule has 1 heterocycles. The number of carboxylic acids is 1. The molecule has 92 valence electrons. The zero-order valence-corrected chi connectivity index (χ0v) is 10.2. The number of fused-ring (bicyclic) bond motifs is 1. The number of aromatic nitrogens is 1. The Morgan fingerprint density at radius 2 is 2.17 bits per heavy atom. The third kappa shape index (κ3) is 2.60. The van der Waals surface area contributed by atoms with Crippen molar-refractivity contribution < 1.29 is 9.90 Å². The lowest BCUT2D eigenvalue weighted by Gasteiger charge is -2.06. The molecule has 0 amide bonds. The monoisotopic (exact) mass is 262 g/mol. The number of hydrogen-bond donors (Lipinski definition) is 2. The molecule has 2 rings (SSSR count). The Kier molecular flexibility index (Phi) is 3.48. The van der Waals surface area contributed by atoms with E-state index >= 15 is 0 Å². The van der Waals surface area contributed by atoms with E-state index in [0.29, 0.717) is 28.3 Å². The van der Waals surface area contributed by atoms with E-state index in [0.717, 1.165) is 0 Å². The summed E-state index contributed by atoms with van der Waals surface area (Å²) < 4.78 is 0. The lowest BCUT2D eigenvalue weighted by Crippen LogP contribution is -2.03. The summed E-state index contributed by atoms with van der Waals surface area (Å²) in [7, 11) is 0. The van der Waals surface area contributed by atoms with Crippen molar-refractivity contribution in [2.24, 2.45) is 0 Å². The van der Waals surface area contributed by atoms with E-state index in [1.807, 2.05) is 0 Å². The molecule has 0 spiro atoms. The Bertz CT molecular complexity index is 625. The minimum Gasteiger partial charge on any atom is -0.478 e. The molecule has 0 aliphatic carbocycles. The fourth-order valence-corrected chi connectivity index (χ4v) is 1.69. The molecule has 4 nitrogen and oxygen atoms in total. The van der Waals surface area contributed by atoms with Crippen LogP contribution in [0.3, 0.4) is 0 Å². The number of nitrogens with one attached hydrogen (secondary N) is 1. The second-order valence-corrected chi connectivity index (χ2v) is 4.28. The van der Waals surface area contributed by atoms with Crippen molar-refractivity contribution in [3.63, 3.8) is 0 Å². The van der Waals surface area contributed by atoms with Crippen molar-refractivity contribution in [2.75, 3.05) is 11.9 Å². The van der Waals surface area contributed by atoms with Crippen LogP contribution in [0.25, 0.3) is 10.9 Å². The topological polar surface area (TPSA) is 62.2 Å². The summed E-state index contributed by atoms with van der Waals surface area (Å²) in [5, 5.41) is 13.1. The number of halogens is 1. The summed E-state index contributed by atoms with van der Waals surface area (Å²) in [4.78, 5) is 15.4. The van der Waals surface area contributed by atoms with Crippen LogP contribution < -0.4 is 5.32 Å². The van der Waals surface area contributed by atoms with E-state index in [9.17, 15) is 4.79 Å². The summed E-state index contributed by atoms with van der Waals surface area (Å²) in [5.74, 6) is -0.330. The van der Waals surface area contributed by atoms with Crippen molar-refractivity contribution in [1.82, 2.24) is 4.98 Å². The number of anilines is 1. The number of carboxylic acid groups (broad SMARTS) is 1. The van der Waals surface area contributed by atoms with Gasteiger partial charge in [-0.05, 0) is 24.3 Å². The highest BCUT2D eigenvalue weighted by Crippen LogP contribution is 2.19. The Balaban J connectivity index is 2.41. The van der Waals surface area contributed by atoms with E-state index in [4.69, 9.17) is 16.7 Å². The SMILES string of the molecule is C=C(Cl)CNc1ccc2c(C(=O)O)cccc2n1. The van der Waals surface area contributed by atoms with Crippen molar-refractivity contribution in [2.45, 2.75) is 0 Å². The normalized spacial score (nSPS) is 10.3. The first-order valence-electron chi connectivity index (χ1n) is 5.28. The Morgan fingerprint density at radius 3 is 2.83 bits per heavy atom. The zero-order chi connectivity index (χ0) is 13.1. The van der Waals surface area contributed by atoms with Gasteiger partial charge in [0.1, 0.15) is 5.82 Å². The van der Waals surface area contributed by atoms with Gasteiger partial charge in [0.25, 0.3) is 0 Å². The molecular weight excluding hydrogens is 252 g/mol. The average molecular weight is 263 g/mol. The van der Waals surface area contributed by atoms with E-state index < -0.39 is 5.97 Å². The van der Waals surface area contributed by atoms with Gasteiger partial charge in [-0.3, -0.25) is 0 Å². The van der Waals surface area contributed by atoms with E-state index in [-0.39, 0.29) is 5.56 Å². The number of benzene rings is 1. The maximum atomic E-state index is 11.0. The van der Waals surface area contributed by atoms with Crippen LogP contribution in [0.1, 0.15) is 10.4 Å². The first-order valence-corrected chi connectivity index (χ1v) is 5.66. The predicted octanol–water partition coefficient (Wildman–Crippen LogP) is 3.10. The van der Waals surface area contributed by atoms with Gasteiger partial charge in [-0.2, -0.15) is 0 Å². The molecule has 0 saturated carbocycles. The third-order valence-corrected chi connectivity index (χ3v) is 2.56. The number of rotatable bonds is 4. The predicted molar refractivity (Wildman–Crippen MR) is 72.2 cm³/mol. The molecule has 2 N–H and O–H groups in total. The highest BCUT2D eigenvalue weighted by Gasteiger charge is 2.08. The molecule has 0 bridgehead atoms. The number of nitrogens with zero attached hydrogens (tertiary/aromatic N) is 1. The van der Waals surface area contributed by atoms with Crippen molar-refractivity contribution in [3.05, 3.63) is 47.5 Å². The number of aromatic carboxylic acids is 1. The van der Waals surface area contributed by atoms with E-state index in [1.165, 1.54) is 0 Å². The maximum Gasteiger partial charge on any atom is 0.336 e. The fourth-order valence-electron chi connectivity index (χ4n) is 1.63. The molecule has 0 atom stereocenters. The lowest BCUT2D eigenvalue weighted by molar-refractivity contribution is 0.0699. The van der Waals surface area contributed by atoms with Crippen LogP contribution in [0.4, 0.5) is 5.82 Å². The van der Waals surface area contributed by atoms with Crippen LogP contribution in [0, 0.1) is 0 Å². The smallest absolute Gasteiger partial charge is 0.336 e. The van der Waals surface area contributed by atoms with Crippen LogP contribution in [-0.2, 0) is 0 Å². The first-order chi connectivity index (χ1) is 8.58. The molecule has 0 fully saturated rings. The highest BCUT2D eigenvalue weighted by molar-refractivity contribution is 6.29. The van der Waals surface area contributed by atoms with Crippen molar-refractivity contribution >= 4 is 34.3 Å². The summed E-state index contributed by atoms with van der Waals surface area (Å²) in [6, 6.07) is 8.44. The van der Waals surface area contributed by atoms with Gasteiger partial charge in [-0.15, -0.1) is 0 Å². The van der Waals surface area contributed by atoms with Crippen LogP contribution in [0.2, 0.25) is 0 Å². The minimum absolute atomic E-state index is 0.244. The molecule has 0 aliphatic heterocycles. The Labute approximate surface area is 109 Å². The fraction of sp³-hybridized carbons (Fsp3) is 0.0769. The first kappa shape index (κ1) is 12.4. The second kappa shape index (κ2) is 5.06. The minimum atomic E-state index is -0.961. The van der Waals surface area contributed by atoms with Gasteiger partial charge >= 0.3 is 5.97 Å². The maximum absolute atomic E-state index is 11.0. The number of carbonyl (C=O) groups is 1. The van der Waals surface area contributed by atoms with Crippen molar-refractivity contribution in [3.8, 4) is 0 Å². The Hall–Kier alpha value is -2.07. The molecule has 18 heavy (non-hydrogen) atoms. The van der Waals surface area contributed by atoms with Gasteiger partial charge in [0.05, 0.1) is 17.6 Å². The third-order valence-electron chi connectivity index (χ3n) is 2.42. The molecule has 5 heteroatoms. The molecule has 1 aromatic heterocycles. The second-order valence-electron chi connectivity index (χ2n) is 3.74. The van der Waals surface area contributed by atoms with Gasteiger partial charge in [-0.25, -0.2) is 9.78 Å². The number of hydrogen-bond acceptors (Lipinski definition) is 3. The average Bonchev–Trinajstić information content (AvgIpc) is 2.35. The molecule has 0 saturated heterocycles. The highest BCUT2D eigenvalue weighted by atomic mass is 35.5. The van der Waals surface area contributed by atoms with Crippen LogP contribution in [0.5, 0.6) is 0 Å². The van der Waals surface area contributed by atoms with Crippen LogP contribution in [-0.4, -0.2) is 22.6 Å². The quantitative estimate of drug-likeness (QED) is 0.889. The van der Waals surface area contributed by atoms with Gasteiger partial charge in [0.15, 0.2) is 0 Å². The summed E-state index contributed by atoms with van der Waals surface area (Å²) in [6.07, 6.45) is 0. The molecule has 0 unspecified atom stereocenters. The van der Waals surface area contributed by atoms with Gasteiger partial charge in [0.2, 0.25) is 0 Å². The largest absolute Gasteiger partial charge is 0.478 e. The van der Waals surface area contributed by atoms with Gasteiger partial charge in [-0.1, -0.05) is 24.2 Å². The summed E-state index contributed by atoms with van der Waals surface area (Å²) in [6.45, 7) is 3.98. The molecule has 1 aromatic carbocycles. The Morgan fingerprint density at radius 1 is 1.39 bits per heavy atom. The van der Waals surface area contributed by atoms with Crippen molar-refractivity contribution in [1.29, 1.82) is 0 Å². The molecule has 0 aliphatic rings. The summed E-state index contributed by atoms with van der Waals surface area (Å²) >= 11 is 5.65. The van der Waals surface area contributed by atoms with E-state index in [2.05, 4.69) is 16.9 Å². The van der Waals surface area contributed by atoms with Gasteiger partial charge in [0, 0.05) is 10.4 Å². The van der Waals surface area contributed by atoms with Crippen LogP contribution in [0.15, 0.2) is 41.9 Å². The summed E-state index contributed by atoms with van der Waals surface area (Å²) in [5.41, 5.74) is 0.869. The zero-order valence-electron chi connectivity index (χ0n) is 9.48. The number of pyridine rings is 1. The lowest BCUT2D eigenvalue weighted by atomic mass is 10.1. The molecular formula is C13H11ClN2O2.